The molecule has 0 aromatic carbocycles. The van der Waals surface area contributed by atoms with Crippen LogP contribution in [0.5, 0.6) is 0 Å². The van der Waals surface area contributed by atoms with Gasteiger partial charge in [0, 0.05) is 12.3 Å². The van der Waals surface area contributed by atoms with E-state index in [1.54, 1.807) is 18.6 Å². The molecule has 13 nitrogen and oxygen atoms in total. The monoisotopic (exact) mass is 489 g/mol. The van der Waals surface area contributed by atoms with E-state index in [0.717, 1.165) is 29.9 Å². The molecule has 2 N–H and O–H groups in total. The van der Waals surface area contributed by atoms with Gasteiger partial charge < -0.3 is 18.9 Å². The minimum absolute atomic E-state index is 0.324. The predicted molar refractivity (Wildman–Crippen MR) is 110 cm³/mol. The van der Waals surface area contributed by atoms with Crippen molar-refractivity contribution in [2.75, 3.05) is 6.61 Å². The lowest BCUT2D eigenvalue weighted by molar-refractivity contribution is -0.199. The summed E-state index contributed by atoms with van der Waals surface area (Å²) < 4.78 is 54.9. The van der Waals surface area contributed by atoms with Gasteiger partial charge in [-0.05, 0) is 39.5 Å². The van der Waals surface area contributed by atoms with Gasteiger partial charge >= 0.3 is 22.1 Å². The molecule has 1 aromatic rings. The molecule has 3 aliphatic rings. The number of H-pyrrole nitrogens is 1. The SMILES string of the molecule is CC1(C)OC2C(O1)[C@@H](COS(=O)(=O)NC(=O)OC1CCCCC1)O[C@H]2n1ccc(=O)[nH]c1=O. The van der Waals surface area contributed by atoms with Gasteiger partial charge in [0.2, 0.25) is 0 Å². The molecule has 4 rings (SSSR count). The highest BCUT2D eigenvalue weighted by molar-refractivity contribution is 7.85. The fraction of sp³-hybridized carbons (Fsp3) is 0.737. The second-order valence-corrected chi connectivity index (χ2v) is 10.0. The summed E-state index contributed by atoms with van der Waals surface area (Å²) in [5, 5.41) is 0. The van der Waals surface area contributed by atoms with E-state index in [2.05, 4.69) is 4.98 Å². The number of nitrogens with one attached hydrogen (secondary N) is 2. The van der Waals surface area contributed by atoms with E-state index >= 15 is 0 Å². The van der Waals surface area contributed by atoms with Crippen LogP contribution in [-0.4, -0.2) is 60.9 Å². The Morgan fingerprint density at radius 1 is 1.21 bits per heavy atom. The molecule has 2 aliphatic heterocycles. The zero-order valence-electron chi connectivity index (χ0n) is 18.2. The molecule has 1 aliphatic carbocycles. The van der Waals surface area contributed by atoms with E-state index in [1.807, 2.05) is 0 Å². The third-order valence-electron chi connectivity index (χ3n) is 5.67. The number of aromatic amines is 1. The Labute approximate surface area is 189 Å². The Hall–Kier alpha value is -2.26. The lowest BCUT2D eigenvalue weighted by Crippen LogP contribution is -2.39. The highest BCUT2D eigenvalue weighted by atomic mass is 32.2. The molecule has 0 spiro atoms. The fourth-order valence-corrected chi connectivity index (χ4v) is 4.92. The van der Waals surface area contributed by atoms with Gasteiger partial charge in [0.15, 0.2) is 12.0 Å². The minimum Gasteiger partial charge on any atom is -0.446 e. The van der Waals surface area contributed by atoms with Crippen LogP contribution < -0.4 is 16.0 Å². The summed E-state index contributed by atoms with van der Waals surface area (Å²) >= 11 is 0. The van der Waals surface area contributed by atoms with Gasteiger partial charge in [-0.1, -0.05) is 6.42 Å². The van der Waals surface area contributed by atoms with Crippen LogP contribution in [0.4, 0.5) is 4.79 Å². The summed E-state index contributed by atoms with van der Waals surface area (Å²) in [6, 6.07) is 1.15. The number of aromatic nitrogens is 2. The number of hydrogen-bond donors (Lipinski definition) is 2. The quantitative estimate of drug-likeness (QED) is 0.567. The Kier molecular flexibility index (Phi) is 6.64. The lowest BCUT2D eigenvalue weighted by atomic mass is 9.98. The van der Waals surface area contributed by atoms with Crippen LogP contribution in [0.3, 0.4) is 0 Å². The molecule has 0 bridgehead atoms. The number of rotatable bonds is 6. The van der Waals surface area contributed by atoms with Gasteiger partial charge in [-0.2, -0.15) is 13.1 Å². The van der Waals surface area contributed by atoms with Crippen LogP contribution in [0.15, 0.2) is 21.9 Å². The van der Waals surface area contributed by atoms with Crippen LogP contribution in [-0.2, 0) is 33.4 Å². The van der Waals surface area contributed by atoms with E-state index in [0.29, 0.717) is 12.8 Å². The van der Waals surface area contributed by atoms with Gasteiger partial charge in [0.25, 0.3) is 5.56 Å². The summed E-state index contributed by atoms with van der Waals surface area (Å²) in [4.78, 5) is 37.7. The van der Waals surface area contributed by atoms with E-state index < -0.39 is 64.6 Å². The average molecular weight is 490 g/mol. The number of fused-ring (bicyclic) bond motifs is 1. The molecule has 2 unspecified atom stereocenters. The summed E-state index contributed by atoms with van der Waals surface area (Å²) in [6.45, 7) is 2.81. The molecule has 14 heteroatoms. The summed E-state index contributed by atoms with van der Waals surface area (Å²) in [5.41, 5.74) is -1.30. The normalized spacial score (nSPS) is 29.5. The van der Waals surface area contributed by atoms with Crippen LogP contribution in [0.25, 0.3) is 0 Å². The van der Waals surface area contributed by atoms with Gasteiger partial charge in [-0.15, -0.1) is 0 Å². The molecule has 1 saturated carbocycles. The second kappa shape index (κ2) is 9.18. The first-order chi connectivity index (χ1) is 15.5. The van der Waals surface area contributed by atoms with Gasteiger partial charge in [0.05, 0.1) is 6.61 Å². The maximum absolute atomic E-state index is 12.2. The van der Waals surface area contributed by atoms with Crippen molar-refractivity contribution in [3.8, 4) is 0 Å². The molecular formula is C19H27N3O10S. The number of carbonyl (C=O) groups is 1. The molecule has 184 valence electrons. The zero-order chi connectivity index (χ0) is 23.8. The van der Waals surface area contributed by atoms with E-state index in [1.165, 1.54) is 6.20 Å². The van der Waals surface area contributed by atoms with E-state index in [9.17, 15) is 22.8 Å². The lowest BCUT2D eigenvalue weighted by Gasteiger charge is -2.24. The van der Waals surface area contributed by atoms with Crippen molar-refractivity contribution in [3.63, 3.8) is 0 Å². The number of ether oxygens (including phenoxy) is 4. The van der Waals surface area contributed by atoms with Crippen LogP contribution >= 0.6 is 0 Å². The molecule has 2 saturated heterocycles. The van der Waals surface area contributed by atoms with E-state index in [4.69, 9.17) is 23.1 Å². The first kappa shape index (κ1) is 23.9. The third-order valence-corrected chi connectivity index (χ3v) is 6.54. The highest BCUT2D eigenvalue weighted by Gasteiger charge is 2.56. The van der Waals surface area contributed by atoms with Crippen molar-refractivity contribution in [2.45, 2.75) is 82.4 Å². The molecule has 3 heterocycles. The fourth-order valence-electron chi connectivity index (χ4n) is 4.29. The zero-order valence-corrected chi connectivity index (χ0v) is 19.0. The maximum atomic E-state index is 12.2. The molecule has 33 heavy (non-hydrogen) atoms. The summed E-state index contributed by atoms with van der Waals surface area (Å²) in [6.07, 6.45) is 0.591. The Morgan fingerprint density at radius 2 is 1.91 bits per heavy atom. The van der Waals surface area contributed by atoms with E-state index in [-0.39, 0.29) is 6.10 Å². The largest absolute Gasteiger partial charge is 0.446 e. The van der Waals surface area contributed by atoms with Crippen LogP contribution in [0.2, 0.25) is 0 Å². The molecule has 3 fully saturated rings. The van der Waals surface area contributed by atoms with Crippen molar-refractivity contribution >= 4 is 16.4 Å². The first-order valence-corrected chi connectivity index (χ1v) is 12.1. The average Bonchev–Trinajstić information content (AvgIpc) is 3.20. The van der Waals surface area contributed by atoms with Crippen molar-refractivity contribution in [3.05, 3.63) is 33.1 Å². The minimum atomic E-state index is -4.49. The molecule has 4 atom stereocenters. The smallest absolute Gasteiger partial charge is 0.422 e. The summed E-state index contributed by atoms with van der Waals surface area (Å²) in [7, 11) is -4.49. The molecule has 1 aromatic heterocycles. The number of hydrogen-bond acceptors (Lipinski definition) is 10. The Morgan fingerprint density at radius 3 is 2.61 bits per heavy atom. The van der Waals surface area contributed by atoms with Gasteiger partial charge in [0.1, 0.15) is 24.4 Å². The number of nitrogens with zero attached hydrogens (tertiary/aromatic N) is 1. The highest BCUT2D eigenvalue weighted by Crippen LogP contribution is 2.42. The predicted octanol–water partition coefficient (Wildman–Crippen LogP) is 0.274. The van der Waals surface area contributed by atoms with Crippen LogP contribution in [0.1, 0.15) is 52.2 Å². The topological polar surface area (TPSA) is 164 Å². The number of carbonyl (C=O) groups excluding carboxylic acids is 1. The van der Waals surface area contributed by atoms with Crippen LogP contribution in [0, 0.1) is 0 Å². The third kappa shape index (κ3) is 5.63. The van der Waals surface area contributed by atoms with Crippen molar-refractivity contribution in [1.29, 1.82) is 0 Å². The van der Waals surface area contributed by atoms with Gasteiger partial charge in [-0.3, -0.25) is 18.5 Å². The summed E-state index contributed by atoms with van der Waals surface area (Å²) in [5.74, 6) is -1.03. The molecular weight excluding hydrogens is 462 g/mol. The van der Waals surface area contributed by atoms with Crippen molar-refractivity contribution in [2.24, 2.45) is 0 Å². The van der Waals surface area contributed by atoms with Crippen molar-refractivity contribution in [1.82, 2.24) is 14.3 Å². The molecule has 1 amide bonds. The number of amides is 1. The van der Waals surface area contributed by atoms with Crippen molar-refractivity contribution < 1.29 is 36.3 Å². The maximum Gasteiger partial charge on any atom is 0.422 e. The first-order valence-electron chi connectivity index (χ1n) is 10.7. The Bertz CT molecular complexity index is 1090. The molecule has 0 radical (unpaired) electrons. The standard InChI is InChI=1S/C19H27N3O10S/c1-19(2)31-14-12(30-16(15(14)32-19)22-9-8-13(23)20-17(22)24)10-28-33(26,27)21-18(25)29-11-6-4-3-5-7-11/h8-9,11-12,14-16H,3-7,10H2,1-2H3,(H,21,25)(H,20,23,24)/t12-,14?,15?,16-/m1/s1. The Balaban J connectivity index is 1.41. The second-order valence-electron chi connectivity index (χ2n) is 8.65. The van der Waals surface area contributed by atoms with Gasteiger partial charge in [-0.25, -0.2) is 9.59 Å².